The molecule has 0 aliphatic carbocycles. The average Bonchev–Trinajstić information content (AvgIpc) is 3.28. The molecule has 1 atom stereocenters. The molecular weight excluding hydrogens is 380 g/mol. The van der Waals surface area contributed by atoms with Crippen molar-refractivity contribution in [1.29, 1.82) is 0 Å². The van der Waals surface area contributed by atoms with E-state index in [0.717, 1.165) is 11.1 Å². The first kappa shape index (κ1) is 19.3. The number of aromatic nitrogens is 3. The Kier molecular flexibility index (Phi) is 5.80. The number of ether oxygens (including phenoxy) is 1. The molecule has 0 aliphatic rings. The van der Waals surface area contributed by atoms with Gasteiger partial charge in [-0.3, -0.25) is 9.78 Å². The maximum absolute atomic E-state index is 12.8. The molecule has 1 N–H and O–H groups in total. The molecule has 2 aromatic heterocycles. The first-order valence-corrected chi connectivity index (χ1v) is 9.51. The van der Waals surface area contributed by atoms with Crippen molar-refractivity contribution in [1.82, 2.24) is 20.4 Å². The van der Waals surface area contributed by atoms with Gasteiger partial charge in [0, 0.05) is 18.0 Å². The van der Waals surface area contributed by atoms with Gasteiger partial charge >= 0.3 is 0 Å². The van der Waals surface area contributed by atoms with E-state index in [-0.39, 0.29) is 18.6 Å². The molecule has 7 heteroatoms. The Morgan fingerprint density at radius 2 is 1.87 bits per heavy atom. The minimum atomic E-state index is -0.238. The number of rotatable bonds is 7. The number of amides is 1. The smallest absolute Gasteiger partial charge is 0.264 e. The topological polar surface area (TPSA) is 90.1 Å². The molecular formula is C23H20N4O3. The highest BCUT2D eigenvalue weighted by atomic mass is 16.5. The van der Waals surface area contributed by atoms with Gasteiger partial charge in [-0.25, -0.2) is 0 Å². The van der Waals surface area contributed by atoms with Crippen molar-refractivity contribution in [2.75, 3.05) is 0 Å². The van der Waals surface area contributed by atoms with Crippen LogP contribution in [0.1, 0.15) is 34.8 Å². The Bertz CT molecular complexity index is 1110. The summed E-state index contributed by atoms with van der Waals surface area (Å²) in [5.74, 6) is 1.02. The van der Waals surface area contributed by atoms with E-state index in [1.807, 2.05) is 49.4 Å². The zero-order valence-corrected chi connectivity index (χ0v) is 16.4. The lowest BCUT2D eigenvalue weighted by molar-refractivity contribution is 0.0934. The lowest BCUT2D eigenvalue weighted by Gasteiger charge is -2.15. The second kappa shape index (κ2) is 9.00. The largest absolute Gasteiger partial charge is 0.483 e. The van der Waals surface area contributed by atoms with E-state index in [0.29, 0.717) is 23.0 Å². The predicted molar refractivity (Wildman–Crippen MR) is 111 cm³/mol. The van der Waals surface area contributed by atoms with Gasteiger partial charge in [0.1, 0.15) is 5.75 Å². The van der Waals surface area contributed by atoms with Gasteiger partial charge in [-0.2, -0.15) is 4.98 Å². The van der Waals surface area contributed by atoms with Crippen LogP contribution >= 0.6 is 0 Å². The van der Waals surface area contributed by atoms with Gasteiger partial charge in [-0.1, -0.05) is 53.7 Å². The molecule has 30 heavy (non-hydrogen) atoms. The van der Waals surface area contributed by atoms with Gasteiger partial charge < -0.3 is 14.6 Å². The molecule has 4 rings (SSSR count). The third-order valence-corrected chi connectivity index (χ3v) is 4.51. The van der Waals surface area contributed by atoms with E-state index in [2.05, 4.69) is 20.4 Å². The highest BCUT2D eigenvalue weighted by Gasteiger charge is 2.17. The summed E-state index contributed by atoms with van der Waals surface area (Å²) in [5.41, 5.74) is 2.20. The van der Waals surface area contributed by atoms with Gasteiger partial charge in [-0.15, -0.1) is 0 Å². The van der Waals surface area contributed by atoms with E-state index in [9.17, 15) is 4.79 Å². The van der Waals surface area contributed by atoms with E-state index >= 15 is 0 Å². The molecule has 0 saturated heterocycles. The number of carbonyl (C=O) groups is 1. The van der Waals surface area contributed by atoms with Crippen LogP contribution in [0.3, 0.4) is 0 Å². The van der Waals surface area contributed by atoms with Crippen LogP contribution in [0.2, 0.25) is 0 Å². The molecule has 1 amide bonds. The Hall–Kier alpha value is -4.00. The van der Waals surface area contributed by atoms with Crippen molar-refractivity contribution in [2.45, 2.75) is 19.6 Å². The molecule has 0 spiro atoms. The fourth-order valence-electron chi connectivity index (χ4n) is 2.93. The predicted octanol–water partition coefficient (Wildman–Crippen LogP) is 4.20. The summed E-state index contributed by atoms with van der Waals surface area (Å²) >= 11 is 0. The number of nitrogens with one attached hydrogen (secondary N) is 1. The van der Waals surface area contributed by atoms with Crippen LogP contribution in [0.4, 0.5) is 0 Å². The molecule has 4 aromatic rings. The van der Waals surface area contributed by atoms with Crippen molar-refractivity contribution in [3.63, 3.8) is 0 Å². The van der Waals surface area contributed by atoms with Crippen LogP contribution in [0, 0.1) is 0 Å². The van der Waals surface area contributed by atoms with Crippen molar-refractivity contribution in [2.24, 2.45) is 0 Å². The van der Waals surface area contributed by atoms with Gasteiger partial charge in [0.05, 0.1) is 11.6 Å². The Labute approximate surface area is 173 Å². The molecule has 1 unspecified atom stereocenters. The number of hydrogen-bond acceptors (Lipinski definition) is 6. The second-order valence-corrected chi connectivity index (χ2v) is 6.64. The van der Waals surface area contributed by atoms with Crippen molar-refractivity contribution < 1.29 is 14.1 Å². The molecule has 0 radical (unpaired) electrons. The van der Waals surface area contributed by atoms with Gasteiger partial charge in [0.15, 0.2) is 6.61 Å². The van der Waals surface area contributed by atoms with Crippen LogP contribution < -0.4 is 10.1 Å². The zero-order valence-electron chi connectivity index (χ0n) is 16.4. The monoisotopic (exact) mass is 400 g/mol. The Morgan fingerprint density at radius 3 is 2.67 bits per heavy atom. The van der Waals surface area contributed by atoms with Crippen LogP contribution in [-0.4, -0.2) is 21.0 Å². The Morgan fingerprint density at radius 1 is 1.07 bits per heavy atom. The number of pyridine rings is 1. The second-order valence-electron chi connectivity index (χ2n) is 6.64. The summed E-state index contributed by atoms with van der Waals surface area (Å²) in [6.07, 6.45) is 3.43. The molecule has 2 heterocycles. The van der Waals surface area contributed by atoms with Crippen LogP contribution in [0.25, 0.3) is 11.4 Å². The van der Waals surface area contributed by atoms with Crippen molar-refractivity contribution in [3.8, 4) is 17.1 Å². The van der Waals surface area contributed by atoms with Crippen LogP contribution in [0.15, 0.2) is 83.6 Å². The van der Waals surface area contributed by atoms with Gasteiger partial charge in [-0.05, 0) is 30.7 Å². The average molecular weight is 400 g/mol. The quantitative estimate of drug-likeness (QED) is 0.500. The highest BCUT2D eigenvalue weighted by molar-refractivity contribution is 5.97. The minimum Gasteiger partial charge on any atom is -0.483 e. The number of benzene rings is 2. The molecule has 0 aliphatic heterocycles. The SMILES string of the molecule is CC(NC(=O)c1ccccc1OCc1nc(-c2ccccc2)no1)c1cccnc1. The Balaban J connectivity index is 1.43. The van der Waals surface area contributed by atoms with E-state index in [1.165, 1.54) is 0 Å². The number of nitrogens with zero attached hydrogens (tertiary/aromatic N) is 3. The minimum absolute atomic E-state index is 0.0578. The van der Waals surface area contributed by atoms with E-state index in [4.69, 9.17) is 9.26 Å². The highest BCUT2D eigenvalue weighted by Crippen LogP contribution is 2.21. The fourth-order valence-corrected chi connectivity index (χ4v) is 2.93. The maximum atomic E-state index is 12.8. The summed E-state index contributed by atoms with van der Waals surface area (Å²) in [6, 6.07) is 20.1. The van der Waals surface area contributed by atoms with Crippen LogP contribution in [-0.2, 0) is 6.61 Å². The molecule has 2 aromatic carbocycles. The lowest BCUT2D eigenvalue weighted by Crippen LogP contribution is -2.27. The lowest BCUT2D eigenvalue weighted by atomic mass is 10.1. The first-order valence-electron chi connectivity index (χ1n) is 9.51. The third kappa shape index (κ3) is 4.52. The summed E-state index contributed by atoms with van der Waals surface area (Å²) in [5, 5.41) is 6.94. The first-order chi connectivity index (χ1) is 14.7. The summed E-state index contributed by atoms with van der Waals surface area (Å²) < 4.78 is 11.1. The third-order valence-electron chi connectivity index (χ3n) is 4.51. The van der Waals surface area contributed by atoms with Crippen LogP contribution in [0.5, 0.6) is 5.75 Å². The van der Waals surface area contributed by atoms with E-state index < -0.39 is 0 Å². The summed E-state index contributed by atoms with van der Waals surface area (Å²) in [4.78, 5) is 21.2. The summed E-state index contributed by atoms with van der Waals surface area (Å²) in [6.45, 7) is 1.96. The normalized spacial score (nSPS) is 11.6. The van der Waals surface area contributed by atoms with E-state index in [1.54, 1.807) is 36.7 Å². The number of hydrogen-bond donors (Lipinski definition) is 1. The molecule has 0 fully saturated rings. The standard InChI is InChI=1S/C23H20N4O3/c1-16(18-10-7-13-24-14-18)25-23(28)19-11-5-6-12-20(19)29-15-21-26-22(27-30-21)17-8-3-2-4-9-17/h2-14,16H,15H2,1H3,(H,25,28). The molecule has 7 nitrogen and oxygen atoms in total. The summed E-state index contributed by atoms with van der Waals surface area (Å²) in [7, 11) is 0. The number of para-hydroxylation sites is 1. The van der Waals surface area contributed by atoms with Gasteiger partial charge in [0.2, 0.25) is 5.82 Å². The van der Waals surface area contributed by atoms with Gasteiger partial charge in [0.25, 0.3) is 11.8 Å². The number of carbonyl (C=O) groups excluding carboxylic acids is 1. The van der Waals surface area contributed by atoms with Crippen molar-refractivity contribution in [3.05, 3.63) is 96.1 Å². The zero-order chi connectivity index (χ0) is 20.8. The maximum Gasteiger partial charge on any atom is 0.264 e. The molecule has 150 valence electrons. The fraction of sp³-hybridized carbons (Fsp3) is 0.130. The molecule has 0 bridgehead atoms. The molecule has 0 saturated carbocycles. The van der Waals surface area contributed by atoms with Crippen molar-refractivity contribution >= 4 is 5.91 Å².